The minimum absolute atomic E-state index is 0.126. The maximum Gasteiger partial charge on any atom is 0.272 e. The number of aryl methyl sites for hydroxylation is 3. The van der Waals surface area contributed by atoms with Crippen LogP contribution in [0.1, 0.15) is 28.3 Å². The lowest BCUT2D eigenvalue weighted by atomic mass is 10.1. The number of benzene rings is 2. The molecule has 0 bridgehead atoms. The van der Waals surface area contributed by atoms with Crippen molar-refractivity contribution in [2.75, 3.05) is 5.32 Å². The standard InChI is InChI=1S/C23H24N6O2/c1-28-19-11-7-6-10-17(19)25-21(28)15-24-23(31)18-14-20(29(2)27-18)26-22(30)13-12-16-8-4-3-5-9-16/h3-11,14H,12-13,15H2,1-2H3,(H,24,31)(H,26,30). The molecule has 0 aliphatic carbocycles. The minimum Gasteiger partial charge on any atom is -0.343 e. The smallest absolute Gasteiger partial charge is 0.272 e. The number of fused-ring (bicyclic) bond motifs is 1. The second-order valence-electron chi connectivity index (χ2n) is 7.33. The molecule has 2 aromatic heterocycles. The summed E-state index contributed by atoms with van der Waals surface area (Å²) in [6.45, 7) is 0.277. The summed E-state index contributed by atoms with van der Waals surface area (Å²) in [6.07, 6.45) is 0.999. The van der Waals surface area contributed by atoms with Gasteiger partial charge in [0.15, 0.2) is 5.69 Å². The molecule has 31 heavy (non-hydrogen) atoms. The van der Waals surface area contributed by atoms with Gasteiger partial charge in [-0.15, -0.1) is 0 Å². The molecule has 4 aromatic rings. The van der Waals surface area contributed by atoms with Crippen molar-refractivity contribution >= 4 is 28.7 Å². The van der Waals surface area contributed by atoms with E-state index in [-0.39, 0.29) is 24.1 Å². The van der Waals surface area contributed by atoms with Crippen LogP contribution in [0.2, 0.25) is 0 Å². The molecule has 0 saturated heterocycles. The summed E-state index contributed by atoms with van der Waals surface area (Å²) in [7, 11) is 3.61. The first-order valence-corrected chi connectivity index (χ1v) is 10.1. The highest BCUT2D eigenvalue weighted by molar-refractivity contribution is 5.95. The predicted octanol–water partition coefficient (Wildman–Crippen LogP) is 2.81. The van der Waals surface area contributed by atoms with E-state index in [0.717, 1.165) is 22.4 Å². The Morgan fingerprint density at radius 3 is 2.52 bits per heavy atom. The van der Waals surface area contributed by atoms with Gasteiger partial charge in [-0.3, -0.25) is 14.3 Å². The van der Waals surface area contributed by atoms with Gasteiger partial charge in [0, 0.05) is 26.6 Å². The summed E-state index contributed by atoms with van der Waals surface area (Å²) in [4.78, 5) is 29.4. The van der Waals surface area contributed by atoms with Crippen LogP contribution >= 0.6 is 0 Å². The zero-order valence-corrected chi connectivity index (χ0v) is 17.5. The molecule has 8 nitrogen and oxygen atoms in total. The third kappa shape index (κ3) is 4.63. The van der Waals surface area contributed by atoms with Gasteiger partial charge in [-0.25, -0.2) is 4.98 Å². The zero-order valence-electron chi connectivity index (χ0n) is 17.5. The minimum atomic E-state index is -0.326. The average Bonchev–Trinajstić information content (AvgIpc) is 3.31. The number of anilines is 1. The van der Waals surface area contributed by atoms with Gasteiger partial charge in [-0.05, 0) is 24.1 Å². The van der Waals surface area contributed by atoms with Crippen LogP contribution in [0.4, 0.5) is 5.82 Å². The molecule has 0 spiro atoms. The third-order valence-electron chi connectivity index (χ3n) is 5.15. The second-order valence-corrected chi connectivity index (χ2v) is 7.33. The number of hydrogen-bond donors (Lipinski definition) is 2. The molecule has 0 aliphatic heterocycles. The Bertz CT molecular complexity index is 1230. The van der Waals surface area contributed by atoms with Crippen LogP contribution in [-0.2, 0) is 31.9 Å². The highest BCUT2D eigenvalue weighted by Gasteiger charge is 2.16. The van der Waals surface area contributed by atoms with Gasteiger partial charge < -0.3 is 15.2 Å². The monoisotopic (exact) mass is 416 g/mol. The first-order chi connectivity index (χ1) is 15.0. The quantitative estimate of drug-likeness (QED) is 0.484. The lowest BCUT2D eigenvalue weighted by Crippen LogP contribution is -2.25. The van der Waals surface area contributed by atoms with Gasteiger partial charge in [0.1, 0.15) is 11.6 Å². The maximum atomic E-state index is 12.6. The molecule has 4 rings (SSSR count). The van der Waals surface area contributed by atoms with Gasteiger partial charge in [0.2, 0.25) is 5.91 Å². The Labute approximate surface area is 179 Å². The lowest BCUT2D eigenvalue weighted by molar-refractivity contribution is -0.116. The van der Waals surface area contributed by atoms with E-state index in [1.807, 2.05) is 66.2 Å². The fourth-order valence-corrected chi connectivity index (χ4v) is 3.41. The highest BCUT2D eigenvalue weighted by Crippen LogP contribution is 2.15. The lowest BCUT2D eigenvalue weighted by Gasteiger charge is -2.05. The highest BCUT2D eigenvalue weighted by atomic mass is 16.2. The molecule has 2 aromatic carbocycles. The first-order valence-electron chi connectivity index (χ1n) is 10.1. The Morgan fingerprint density at radius 2 is 1.74 bits per heavy atom. The normalized spacial score (nSPS) is 10.9. The number of imidazole rings is 1. The fourth-order valence-electron chi connectivity index (χ4n) is 3.41. The van der Waals surface area contributed by atoms with Crippen molar-refractivity contribution in [1.82, 2.24) is 24.6 Å². The molecule has 2 amide bonds. The van der Waals surface area contributed by atoms with Crippen LogP contribution in [0.3, 0.4) is 0 Å². The molecule has 158 valence electrons. The van der Waals surface area contributed by atoms with Crippen molar-refractivity contribution in [2.45, 2.75) is 19.4 Å². The summed E-state index contributed by atoms with van der Waals surface area (Å²) in [5.74, 6) is 0.775. The number of aromatic nitrogens is 4. The molecule has 0 aliphatic rings. The average molecular weight is 416 g/mol. The molecule has 0 radical (unpaired) electrons. The molecular formula is C23H24N6O2. The number of carbonyl (C=O) groups excluding carboxylic acids is 2. The zero-order chi connectivity index (χ0) is 21.8. The Kier molecular flexibility index (Phi) is 5.79. The summed E-state index contributed by atoms with van der Waals surface area (Å²) in [6, 6.07) is 19.2. The van der Waals surface area contributed by atoms with Crippen LogP contribution < -0.4 is 10.6 Å². The van der Waals surface area contributed by atoms with Crippen molar-refractivity contribution in [3.63, 3.8) is 0 Å². The van der Waals surface area contributed by atoms with Crippen LogP contribution in [0.15, 0.2) is 60.7 Å². The summed E-state index contributed by atoms with van der Waals surface area (Å²) in [5.41, 5.74) is 3.22. The van der Waals surface area contributed by atoms with Gasteiger partial charge in [0.05, 0.1) is 17.6 Å². The van der Waals surface area contributed by atoms with E-state index in [9.17, 15) is 9.59 Å². The molecule has 0 saturated carbocycles. The Morgan fingerprint density at radius 1 is 1.00 bits per heavy atom. The predicted molar refractivity (Wildman–Crippen MR) is 118 cm³/mol. The largest absolute Gasteiger partial charge is 0.343 e. The summed E-state index contributed by atoms with van der Waals surface area (Å²) in [5, 5.41) is 9.89. The SMILES string of the molecule is Cn1nc(C(=O)NCc2nc3ccccc3n2C)cc1NC(=O)CCc1ccccc1. The van der Waals surface area contributed by atoms with E-state index in [0.29, 0.717) is 18.7 Å². The topological polar surface area (TPSA) is 93.8 Å². The number of nitrogens with zero attached hydrogens (tertiary/aromatic N) is 4. The van der Waals surface area contributed by atoms with Crippen molar-refractivity contribution in [3.8, 4) is 0 Å². The number of nitrogens with one attached hydrogen (secondary N) is 2. The van der Waals surface area contributed by atoms with Crippen molar-refractivity contribution in [3.05, 3.63) is 77.7 Å². The van der Waals surface area contributed by atoms with Crippen molar-refractivity contribution in [2.24, 2.45) is 14.1 Å². The first kappa shape index (κ1) is 20.3. The molecule has 0 unspecified atom stereocenters. The molecule has 2 heterocycles. The van der Waals surface area contributed by atoms with E-state index < -0.39 is 0 Å². The van der Waals surface area contributed by atoms with E-state index >= 15 is 0 Å². The molecule has 0 fully saturated rings. The van der Waals surface area contributed by atoms with Crippen LogP contribution in [0.5, 0.6) is 0 Å². The van der Waals surface area contributed by atoms with E-state index in [1.54, 1.807) is 13.1 Å². The van der Waals surface area contributed by atoms with Gasteiger partial charge >= 0.3 is 0 Å². The molecule has 8 heteroatoms. The van der Waals surface area contributed by atoms with Crippen molar-refractivity contribution < 1.29 is 9.59 Å². The van der Waals surface area contributed by atoms with E-state index in [2.05, 4.69) is 20.7 Å². The second kappa shape index (κ2) is 8.83. The number of hydrogen-bond acceptors (Lipinski definition) is 4. The van der Waals surface area contributed by atoms with Crippen molar-refractivity contribution in [1.29, 1.82) is 0 Å². The van der Waals surface area contributed by atoms with Crippen LogP contribution in [0, 0.1) is 0 Å². The Balaban J connectivity index is 1.35. The summed E-state index contributed by atoms with van der Waals surface area (Å²) >= 11 is 0. The van der Waals surface area contributed by atoms with Gasteiger partial charge in [-0.2, -0.15) is 5.10 Å². The number of rotatable bonds is 7. The van der Waals surface area contributed by atoms with E-state index in [1.165, 1.54) is 4.68 Å². The molecular weight excluding hydrogens is 392 g/mol. The summed E-state index contributed by atoms with van der Waals surface area (Å²) < 4.78 is 3.44. The molecule has 2 N–H and O–H groups in total. The maximum absolute atomic E-state index is 12.6. The van der Waals surface area contributed by atoms with Gasteiger partial charge in [0.25, 0.3) is 5.91 Å². The molecule has 0 atom stereocenters. The van der Waals surface area contributed by atoms with Crippen LogP contribution in [0.25, 0.3) is 11.0 Å². The van der Waals surface area contributed by atoms with Gasteiger partial charge in [-0.1, -0.05) is 42.5 Å². The van der Waals surface area contributed by atoms with Crippen LogP contribution in [-0.4, -0.2) is 31.1 Å². The van der Waals surface area contributed by atoms with E-state index in [4.69, 9.17) is 0 Å². The fraction of sp³-hybridized carbons (Fsp3) is 0.217. The third-order valence-corrected chi connectivity index (χ3v) is 5.15. The number of carbonyl (C=O) groups is 2. The number of para-hydroxylation sites is 2. The number of amides is 2. The Hall–Kier alpha value is -3.94.